The number of anilines is 1. The fraction of sp³-hybridized carbons (Fsp3) is 0.0769. The quantitative estimate of drug-likeness (QED) is 0.764. The molecule has 0 unspecified atom stereocenters. The van der Waals surface area contributed by atoms with Crippen LogP contribution in [0.4, 0.5) is 5.82 Å². The van der Waals surface area contributed by atoms with Gasteiger partial charge in [-0.25, -0.2) is 9.97 Å². The Morgan fingerprint density at radius 3 is 2.94 bits per heavy atom. The molecule has 3 nitrogen and oxygen atoms in total. The summed E-state index contributed by atoms with van der Waals surface area (Å²) in [5.41, 5.74) is 1.01. The first kappa shape index (κ1) is 10.2. The van der Waals surface area contributed by atoms with Crippen LogP contribution in [0.2, 0.25) is 0 Å². The van der Waals surface area contributed by atoms with Gasteiger partial charge < -0.3 is 5.32 Å². The summed E-state index contributed by atoms with van der Waals surface area (Å²) in [6.45, 7) is 0.725. The normalized spacial score (nSPS) is 10.6. The Bertz CT molecular complexity index is 619. The average molecular weight is 241 g/mol. The number of pyridine rings is 1. The van der Waals surface area contributed by atoms with Gasteiger partial charge in [-0.2, -0.15) is 0 Å². The molecule has 0 atom stereocenters. The molecule has 0 aliphatic carbocycles. The van der Waals surface area contributed by atoms with E-state index >= 15 is 0 Å². The Balaban J connectivity index is 1.81. The van der Waals surface area contributed by atoms with E-state index in [0.29, 0.717) is 0 Å². The molecule has 0 spiro atoms. The number of thiazole rings is 1. The smallest absolute Gasteiger partial charge is 0.127 e. The molecule has 0 aliphatic rings. The molecule has 2 aromatic heterocycles. The average Bonchev–Trinajstić information content (AvgIpc) is 2.89. The van der Waals surface area contributed by atoms with Crippen LogP contribution in [0.25, 0.3) is 10.9 Å². The zero-order valence-corrected chi connectivity index (χ0v) is 9.95. The maximum atomic E-state index is 4.54. The summed E-state index contributed by atoms with van der Waals surface area (Å²) in [5, 5.41) is 7.48. The van der Waals surface area contributed by atoms with E-state index in [9.17, 15) is 0 Å². The van der Waals surface area contributed by atoms with Crippen LogP contribution in [-0.4, -0.2) is 9.97 Å². The highest BCUT2D eigenvalue weighted by Crippen LogP contribution is 2.15. The van der Waals surface area contributed by atoms with Crippen molar-refractivity contribution in [2.24, 2.45) is 0 Å². The van der Waals surface area contributed by atoms with Crippen molar-refractivity contribution in [1.82, 2.24) is 9.97 Å². The lowest BCUT2D eigenvalue weighted by atomic mass is 10.2. The molecule has 1 aromatic carbocycles. The van der Waals surface area contributed by atoms with Crippen molar-refractivity contribution in [3.05, 3.63) is 53.0 Å². The molecule has 3 aromatic rings. The molecule has 0 radical (unpaired) electrons. The SMILES string of the molecule is c1ccc2nc(NCc3nccs3)ccc2c1. The van der Waals surface area contributed by atoms with Crippen LogP contribution in [0.5, 0.6) is 0 Å². The minimum Gasteiger partial charge on any atom is -0.364 e. The molecule has 0 saturated carbocycles. The van der Waals surface area contributed by atoms with Gasteiger partial charge in [0, 0.05) is 17.0 Å². The van der Waals surface area contributed by atoms with Crippen LogP contribution >= 0.6 is 11.3 Å². The number of nitrogens with zero attached hydrogens (tertiary/aromatic N) is 2. The lowest BCUT2D eigenvalue weighted by Gasteiger charge is -2.04. The highest BCUT2D eigenvalue weighted by atomic mass is 32.1. The Morgan fingerprint density at radius 2 is 2.06 bits per heavy atom. The van der Waals surface area contributed by atoms with Crippen molar-refractivity contribution >= 4 is 28.1 Å². The zero-order chi connectivity index (χ0) is 11.5. The molecular weight excluding hydrogens is 230 g/mol. The number of rotatable bonds is 3. The molecule has 0 aliphatic heterocycles. The van der Waals surface area contributed by atoms with Gasteiger partial charge in [-0.05, 0) is 18.2 Å². The molecule has 84 valence electrons. The number of para-hydroxylation sites is 1. The molecule has 1 N–H and O–H groups in total. The minimum absolute atomic E-state index is 0.725. The van der Waals surface area contributed by atoms with Gasteiger partial charge in [0.05, 0.1) is 12.1 Å². The number of benzene rings is 1. The van der Waals surface area contributed by atoms with Crippen molar-refractivity contribution < 1.29 is 0 Å². The van der Waals surface area contributed by atoms with Crippen molar-refractivity contribution in [3.63, 3.8) is 0 Å². The number of fused-ring (bicyclic) bond motifs is 1. The first-order valence-corrected chi connectivity index (χ1v) is 6.28. The number of hydrogen-bond donors (Lipinski definition) is 1. The van der Waals surface area contributed by atoms with E-state index < -0.39 is 0 Å². The fourth-order valence-electron chi connectivity index (χ4n) is 1.67. The fourth-order valence-corrected chi connectivity index (χ4v) is 2.23. The molecule has 4 heteroatoms. The van der Waals surface area contributed by atoms with Crippen LogP contribution in [0.15, 0.2) is 48.0 Å². The highest BCUT2D eigenvalue weighted by molar-refractivity contribution is 7.09. The third-order valence-electron chi connectivity index (χ3n) is 2.50. The van der Waals surface area contributed by atoms with Gasteiger partial charge in [-0.1, -0.05) is 18.2 Å². The van der Waals surface area contributed by atoms with Crippen LogP contribution in [0, 0.1) is 0 Å². The Labute approximate surface area is 103 Å². The summed E-state index contributed by atoms with van der Waals surface area (Å²) in [4.78, 5) is 8.76. The lowest BCUT2D eigenvalue weighted by Crippen LogP contribution is -2.00. The molecule has 17 heavy (non-hydrogen) atoms. The summed E-state index contributed by atoms with van der Waals surface area (Å²) in [5.74, 6) is 0.888. The first-order valence-electron chi connectivity index (χ1n) is 5.40. The van der Waals surface area contributed by atoms with Crippen molar-refractivity contribution in [3.8, 4) is 0 Å². The molecule has 2 heterocycles. The number of hydrogen-bond acceptors (Lipinski definition) is 4. The van der Waals surface area contributed by atoms with Gasteiger partial charge in [-0.3, -0.25) is 0 Å². The standard InChI is InChI=1S/C13H11N3S/c1-2-4-11-10(3-1)5-6-12(16-11)15-9-13-14-7-8-17-13/h1-8H,9H2,(H,15,16). The topological polar surface area (TPSA) is 37.8 Å². The summed E-state index contributed by atoms with van der Waals surface area (Å²) in [6.07, 6.45) is 1.81. The van der Waals surface area contributed by atoms with Crippen LogP contribution in [0.1, 0.15) is 5.01 Å². The van der Waals surface area contributed by atoms with Crippen molar-refractivity contribution in [2.75, 3.05) is 5.32 Å². The Morgan fingerprint density at radius 1 is 1.12 bits per heavy atom. The van der Waals surface area contributed by atoms with E-state index in [0.717, 1.165) is 28.3 Å². The van der Waals surface area contributed by atoms with Crippen LogP contribution in [0.3, 0.4) is 0 Å². The van der Waals surface area contributed by atoms with Gasteiger partial charge >= 0.3 is 0 Å². The second-order valence-corrected chi connectivity index (χ2v) is 4.65. The maximum Gasteiger partial charge on any atom is 0.127 e. The van der Waals surface area contributed by atoms with Gasteiger partial charge in [0.15, 0.2) is 0 Å². The van der Waals surface area contributed by atoms with Crippen LogP contribution in [-0.2, 0) is 6.54 Å². The lowest BCUT2D eigenvalue weighted by molar-refractivity contribution is 1.09. The highest BCUT2D eigenvalue weighted by Gasteiger charge is 1.99. The first-order chi connectivity index (χ1) is 8.42. The van der Waals surface area contributed by atoms with Crippen LogP contribution < -0.4 is 5.32 Å². The number of nitrogens with one attached hydrogen (secondary N) is 1. The van der Waals surface area contributed by atoms with E-state index in [4.69, 9.17) is 0 Å². The molecule has 0 bridgehead atoms. The maximum absolute atomic E-state index is 4.54. The van der Waals surface area contributed by atoms with E-state index in [1.807, 2.05) is 35.8 Å². The summed E-state index contributed by atoms with van der Waals surface area (Å²) in [6, 6.07) is 12.2. The van der Waals surface area contributed by atoms with Crippen molar-refractivity contribution in [2.45, 2.75) is 6.54 Å². The van der Waals surface area contributed by atoms with E-state index in [-0.39, 0.29) is 0 Å². The van der Waals surface area contributed by atoms with E-state index in [2.05, 4.69) is 27.4 Å². The largest absolute Gasteiger partial charge is 0.364 e. The van der Waals surface area contributed by atoms with Gasteiger partial charge in [0.2, 0.25) is 0 Å². The number of aromatic nitrogens is 2. The predicted octanol–water partition coefficient (Wildman–Crippen LogP) is 3.30. The molecule has 0 amide bonds. The van der Waals surface area contributed by atoms with Crippen molar-refractivity contribution in [1.29, 1.82) is 0 Å². The summed E-state index contributed by atoms with van der Waals surface area (Å²) < 4.78 is 0. The third-order valence-corrected chi connectivity index (χ3v) is 3.28. The monoisotopic (exact) mass is 241 g/mol. The van der Waals surface area contributed by atoms with E-state index in [1.165, 1.54) is 0 Å². The summed E-state index contributed by atoms with van der Waals surface area (Å²) >= 11 is 1.64. The molecule has 0 saturated heterocycles. The zero-order valence-electron chi connectivity index (χ0n) is 9.13. The van der Waals surface area contributed by atoms with Gasteiger partial charge in [0.25, 0.3) is 0 Å². The van der Waals surface area contributed by atoms with Gasteiger partial charge in [0.1, 0.15) is 10.8 Å². The summed E-state index contributed by atoms with van der Waals surface area (Å²) in [7, 11) is 0. The second-order valence-electron chi connectivity index (χ2n) is 3.67. The molecule has 0 fully saturated rings. The third kappa shape index (κ3) is 2.26. The van der Waals surface area contributed by atoms with E-state index in [1.54, 1.807) is 11.3 Å². The second kappa shape index (κ2) is 4.51. The van der Waals surface area contributed by atoms with Gasteiger partial charge in [-0.15, -0.1) is 11.3 Å². The predicted molar refractivity (Wildman–Crippen MR) is 71.2 cm³/mol. The Kier molecular flexibility index (Phi) is 2.71. The molecular formula is C13H11N3S. The minimum atomic E-state index is 0.725. The Hall–Kier alpha value is -1.94. The molecule has 3 rings (SSSR count).